The van der Waals surface area contributed by atoms with Gasteiger partial charge in [-0.3, -0.25) is 9.59 Å². The molecule has 1 aliphatic heterocycles. The van der Waals surface area contributed by atoms with Crippen molar-refractivity contribution in [3.63, 3.8) is 0 Å². The second-order valence-corrected chi connectivity index (χ2v) is 9.35. The molecule has 0 spiro atoms. The number of ketones is 1. The lowest BCUT2D eigenvalue weighted by Crippen LogP contribution is -2.36. The molecule has 3 rings (SSSR count). The number of ether oxygens (including phenoxy) is 2. The van der Waals surface area contributed by atoms with E-state index in [1.54, 1.807) is 12.1 Å². The Morgan fingerprint density at radius 1 is 1.15 bits per heavy atom. The molecule has 1 atom stereocenters. The second-order valence-electron chi connectivity index (χ2n) is 9.35. The maximum absolute atomic E-state index is 13.0. The molecule has 7 nitrogen and oxygen atoms in total. The van der Waals surface area contributed by atoms with Crippen LogP contribution >= 0.6 is 0 Å². The van der Waals surface area contributed by atoms with Crippen LogP contribution in [0.5, 0.6) is 5.75 Å². The quantitative estimate of drug-likeness (QED) is 0.299. The Bertz CT molecular complexity index is 881. The van der Waals surface area contributed by atoms with Gasteiger partial charge in [-0.1, -0.05) is 31.4 Å². The van der Waals surface area contributed by atoms with Crippen molar-refractivity contribution in [2.75, 3.05) is 6.79 Å². The summed E-state index contributed by atoms with van der Waals surface area (Å²) in [6.45, 7) is 0.239. The molecule has 34 heavy (non-hydrogen) atoms. The topological polar surface area (TPSA) is 99.1 Å². The Hall–Kier alpha value is -2.49. The zero-order chi connectivity index (χ0) is 24.7. The standard InChI is InChI=1S/C24H31BF2O7/c1-24(26,27)11-10-19(28)14-18-13-17-8-5-9-20(22(17)34-25(18)31)23(30)33-15-32-21(29)12-16-6-3-2-4-7-16/h5,8-9,16,18,31H,2-4,6-7,10-15H2,1H3/t18-/m1/s1. The highest BCUT2D eigenvalue weighted by atomic mass is 19.3. The molecule has 1 heterocycles. The van der Waals surface area contributed by atoms with Gasteiger partial charge in [-0.15, -0.1) is 0 Å². The zero-order valence-corrected chi connectivity index (χ0v) is 19.4. The molecule has 0 saturated heterocycles. The smallest absolute Gasteiger partial charge is 0.526 e. The van der Waals surface area contributed by atoms with E-state index >= 15 is 0 Å². The van der Waals surface area contributed by atoms with Gasteiger partial charge in [0.25, 0.3) is 0 Å². The molecule has 0 amide bonds. The summed E-state index contributed by atoms with van der Waals surface area (Å²) in [5.41, 5.74) is 0.656. The lowest BCUT2D eigenvalue weighted by atomic mass is 9.64. The number of carbonyl (C=O) groups excluding carboxylic acids is 3. The zero-order valence-electron chi connectivity index (χ0n) is 19.4. The van der Waals surface area contributed by atoms with Crippen LogP contribution in [0.25, 0.3) is 0 Å². The number of Topliss-reactive ketones (excluding diaryl/α,β-unsaturated/α-hetero) is 1. The van der Waals surface area contributed by atoms with Crippen molar-refractivity contribution in [3.05, 3.63) is 29.3 Å². The molecule has 0 bridgehead atoms. The van der Waals surface area contributed by atoms with Crippen LogP contribution in [0.3, 0.4) is 0 Å². The van der Waals surface area contributed by atoms with Crippen LogP contribution in [0.2, 0.25) is 5.82 Å². The Balaban J connectivity index is 1.51. The molecule has 1 fully saturated rings. The van der Waals surface area contributed by atoms with Crippen molar-refractivity contribution in [2.24, 2.45) is 5.92 Å². The number of hydrogen-bond donors (Lipinski definition) is 1. The minimum absolute atomic E-state index is 0.0651. The molecule has 0 aromatic heterocycles. The third-order valence-corrected chi connectivity index (χ3v) is 6.36. The van der Waals surface area contributed by atoms with Gasteiger partial charge in [-0.25, -0.2) is 13.6 Å². The number of esters is 2. The predicted molar refractivity (Wildman–Crippen MR) is 120 cm³/mol. The van der Waals surface area contributed by atoms with E-state index in [-0.39, 0.29) is 36.4 Å². The summed E-state index contributed by atoms with van der Waals surface area (Å²) in [4.78, 5) is 36.6. The van der Waals surface area contributed by atoms with Gasteiger partial charge in [0.2, 0.25) is 12.7 Å². The van der Waals surface area contributed by atoms with Crippen LogP contribution in [0, 0.1) is 5.92 Å². The van der Waals surface area contributed by atoms with Gasteiger partial charge in [0.05, 0.1) is 0 Å². The molecule has 10 heteroatoms. The Morgan fingerprint density at radius 3 is 2.59 bits per heavy atom. The predicted octanol–water partition coefficient (Wildman–Crippen LogP) is 4.49. The van der Waals surface area contributed by atoms with Crippen molar-refractivity contribution in [1.29, 1.82) is 0 Å². The summed E-state index contributed by atoms with van der Waals surface area (Å²) in [6.07, 6.45) is 5.02. The van der Waals surface area contributed by atoms with Crippen LogP contribution in [0.4, 0.5) is 8.78 Å². The van der Waals surface area contributed by atoms with E-state index in [9.17, 15) is 28.2 Å². The van der Waals surface area contributed by atoms with Crippen LogP contribution in [-0.4, -0.2) is 42.6 Å². The van der Waals surface area contributed by atoms with Crippen molar-refractivity contribution in [3.8, 4) is 5.75 Å². The van der Waals surface area contributed by atoms with Crippen molar-refractivity contribution >= 4 is 24.8 Å². The van der Waals surface area contributed by atoms with Gasteiger partial charge in [-0.05, 0) is 43.7 Å². The number of para-hydroxylation sites is 1. The van der Waals surface area contributed by atoms with E-state index in [0.717, 1.165) is 32.6 Å². The first-order valence-electron chi connectivity index (χ1n) is 11.8. The summed E-state index contributed by atoms with van der Waals surface area (Å²) in [5.74, 6) is -4.66. The van der Waals surface area contributed by atoms with Gasteiger partial charge >= 0.3 is 19.1 Å². The average Bonchev–Trinajstić information content (AvgIpc) is 2.78. The highest BCUT2D eigenvalue weighted by Gasteiger charge is 2.38. The minimum Gasteiger partial charge on any atom is -0.535 e. The first-order valence-corrected chi connectivity index (χ1v) is 11.8. The monoisotopic (exact) mass is 480 g/mol. The Morgan fingerprint density at radius 2 is 1.88 bits per heavy atom. The summed E-state index contributed by atoms with van der Waals surface area (Å²) in [5, 5.41) is 10.4. The molecular weight excluding hydrogens is 449 g/mol. The van der Waals surface area contributed by atoms with Crippen LogP contribution in [0.1, 0.15) is 80.6 Å². The minimum atomic E-state index is -2.93. The van der Waals surface area contributed by atoms with Crippen LogP contribution in [0.15, 0.2) is 18.2 Å². The first-order chi connectivity index (χ1) is 16.1. The van der Waals surface area contributed by atoms with Crippen molar-refractivity contribution < 1.29 is 42.3 Å². The molecular formula is C24H31BF2O7. The van der Waals surface area contributed by atoms with Gasteiger partial charge in [0.15, 0.2) is 0 Å². The summed E-state index contributed by atoms with van der Waals surface area (Å²) in [6, 6.07) is 4.77. The third-order valence-electron chi connectivity index (χ3n) is 6.36. The van der Waals surface area contributed by atoms with Crippen LogP contribution < -0.4 is 4.65 Å². The molecule has 1 aliphatic carbocycles. The van der Waals surface area contributed by atoms with Gasteiger partial charge in [0.1, 0.15) is 17.1 Å². The normalized spacial score (nSPS) is 18.6. The number of alkyl halides is 2. The van der Waals surface area contributed by atoms with Gasteiger partial charge in [-0.2, -0.15) is 0 Å². The molecule has 1 aromatic rings. The number of carbonyl (C=O) groups is 3. The Labute approximate surface area is 198 Å². The van der Waals surface area contributed by atoms with E-state index in [4.69, 9.17) is 14.1 Å². The molecule has 0 radical (unpaired) electrons. The molecule has 2 aliphatic rings. The first kappa shape index (κ1) is 26.1. The van der Waals surface area contributed by atoms with Gasteiger partial charge in [0, 0.05) is 31.5 Å². The fourth-order valence-corrected chi connectivity index (χ4v) is 4.48. The fraction of sp³-hybridized carbons (Fsp3) is 0.625. The van der Waals surface area contributed by atoms with E-state index in [1.165, 1.54) is 12.5 Å². The van der Waals surface area contributed by atoms with Crippen molar-refractivity contribution in [1.82, 2.24) is 0 Å². The Kier molecular flexibility index (Phi) is 9.05. The van der Waals surface area contributed by atoms with Gasteiger partial charge < -0.3 is 19.2 Å². The molecule has 1 aromatic carbocycles. The highest BCUT2D eigenvalue weighted by molar-refractivity contribution is 6.47. The maximum atomic E-state index is 13.0. The summed E-state index contributed by atoms with van der Waals surface area (Å²) < 4.78 is 41.6. The SMILES string of the molecule is CC(F)(F)CCC(=O)C[C@H]1Cc2cccc(C(=O)OCOC(=O)CC3CCCCC3)c2OB1O. The van der Waals surface area contributed by atoms with Crippen LogP contribution in [-0.2, 0) is 25.5 Å². The van der Waals surface area contributed by atoms with E-state index in [2.05, 4.69) is 0 Å². The number of hydrogen-bond acceptors (Lipinski definition) is 7. The van der Waals surface area contributed by atoms with E-state index < -0.39 is 44.0 Å². The molecule has 1 saturated carbocycles. The lowest BCUT2D eigenvalue weighted by Gasteiger charge is -2.28. The van der Waals surface area contributed by atoms with Crippen molar-refractivity contribution in [2.45, 2.75) is 82.9 Å². The number of fused-ring (bicyclic) bond motifs is 1. The van der Waals surface area contributed by atoms with E-state index in [1.807, 2.05) is 0 Å². The third kappa shape index (κ3) is 7.79. The lowest BCUT2D eigenvalue weighted by molar-refractivity contribution is -0.153. The number of halogens is 2. The molecule has 0 unspecified atom stereocenters. The maximum Gasteiger partial charge on any atom is 0.526 e. The second kappa shape index (κ2) is 11.8. The molecule has 1 N–H and O–H groups in total. The number of rotatable bonds is 10. The largest absolute Gasteiger partial charge is 0.535 e. The fourth-order valence-electron chi connectivity index (χ4n) is 4.48. The highest BCUT2D eigenvalue weighted by Crippen LogP contribution is 2.37. The summed E-state index contributed by atoms with van der Waals surface area (Å²) >= 11 is 0. The van der Waals surface area contributed by atoms with E-state index in [0.29, 0.717) is 17.9 Å². The summed E-state index contributed by atoms with van der Waals surface area (Å²) in [7, 11) is -1.37. The number of benzene rings is 1. The molecule has 186 valence electrons. The average molecular weight is 480 g/mol.